The fraction of sp³-hybridized carbons (Fsp3) is 0.609. The summed E-state index contributed by atoms with van der Waals surface area (Å²) in [6.07, 6.45) is 0.851. The van der Waals surface area contributed by atoms with Crippen LogP contribution in [0, 0.1) is 17.2 Å². The number of allylic oxidation sites excluding steroid dienone is 1. The van der Waals surface area contributed by atoms with Crippen LogP contribution in [-0.4, -0.2) is 5.91 Å². The van der Waals surface area contributed by atoms with E-state index in [0.717, 1.165) is 49.8 Å². The van der Waals surface area contributed by atoms with Crippen molar-refractivity contribution in [1.29, 1.82) is 0 Å². The number of carbonyl (C=O) groups is 1. The van der Waals surface area contributed by atoms with Gasteiger partial charge in [-0.05, 0) is 74.3 Å². The van der Waals surface area contributed by atoms with E-state index in [4.69, 9.17) is 0 Å². The molecule has 0 radical (unpaired) electrons. The quantitative estimate of drug-likeness (QED) is 0.475. The van der Waals surface area contributed by atoms with E-state index < -0.39 is 23.0 Å². The summed E-state index contributed by atoms with van der Waals surface area (Å²) in [5, 5.41) is 2.91. The van der Waals surface area contributed by atoms with E-state index in [1.54, 1.807) is 0 Å². The van der Waals surface area contributed by atoms with Gasteiger partial charge in [0.1, 0.15) is 5.82 Å². The lowest BCUT2D eigenvalue weighted by Gasteiger charge is -2.32. The van der Waals surface area contributed by atoms with Crippen molar-refractivity contribution in [2.75, 3.05) is 0 Å². The third-order valence-corrected chi connectivity index (χ3v) is 6.23. The number of benzene rings is 1. The highest BCUT2D eigenvalue weighted by atomic mass is 19.4. The number of carbonyl (C=O) groups excluding carboxylic acids is 1. The summed E-state index contributed by atoms with van der Waals surface area (Å²) in [6.45, 7) is 8.16. The molecular weight excluding hydrogens is 382 g/mol. The van der Waals surface area contributed by atoms with Gasteiger partial charge in [0.2, 0.25) is 5.91 Å². The summed E-state index contributed by atoms with van der Waals surface area (Å²) in [6, 6.07) is 2.91. The van der Waals surface area contributed by atoms with Crippen molar-refractivity contribution < 1.29 is 22.4 Å². The summed E-state index contributed by atoms with van der Waals surface area (Å²) < 4.78 is 53.1. The van der Waals surface area contributed by atoms with Crippen LogP contribution in [-0.2, 0) is 11.0 Å². The van der Waals surface area contributed by atoms with E-state index in [1.165, 1.54) is 6.07 Å². The Bertz CT molecular complexity index is 769. The van der Waals surface area contributed by atoms with Gasteiger partial charge in [0.15, 0.2) is 0 Å². The molecule has 1 aliphatic heterocycles. The maximum atomic E-state index is 13.7. The molecular formula is C23H31F4NO. The molecule has 1 amide bonds. The standard InChI is InChI=1S/C23H31F4NO/c1-5-11-22(12-9-15(3)6-2)13-10-16(4)20(28-21(22)29)17-7-8-19(24)18(14-17)23(25,26)27/h7-8,14-15H,5-6,9-13H2,1-4H3,(H,28,29). The van der Waals surface area contributed by atoms with Gasteiger partial charge in [-0.15, -0.1) is 0 Å². The van der Waals surface area contributed by atoms with Crippen molar-refractivity contribution >= 4 is 11.6 Å². The van der Waals surface area contributed by atoms with Crippen LogP contribution in [0.3, 0.4) is 0 Å². The number of hydrogen-bond acceptors (Lipinski definition) is 1. The molecule has 2 atom stereocenters. The molecule has 29 heavy (non-hydrogen) atoms. The Morgan fingerprint density at radius 1 is 1.21 bits per heavy atom. The first-order valence-electron chi connectivity index (χ1n) is 10.4. The maximum absolute atomic E-state index is 13.7. The molecule has 0 bridgehead atoms. The minimum Gasteiger partial charge on any atom is -0.325 e. The van der Waals surface area contributed by atoms with Crippen LogP contribution < -0.4 is 5.32 Å². The predicted molar refractivity (Wildman–Crippen MR) is 107 cm³/mol. The van der Waals surface area contributed by atoms with E-state index in [-0.39, 0.29) is 11.5 Å². The molecule has 1 aromatic rings. The highest BCUT2D eigenvalue weighted by molar-refractivity contribution is 5.92. The van der Waals surface area contributed by atoms with Gasteiger partial charge in [0.25, 0.3) is 0 Å². The first kappa shape index (κ1) is 23.4. The molecule has 0 aromatic heterocycles. The van der Waals surface area contributed by atoms with E-state index in [9.17, 15) is 22.4 Å². The topological polar surface area (TPSA) is 29.1 Å². The average molecular weight is 413 g/mol. The van der Waals surface area contributed by atoms with Crippen molar-refractivity contribution in [3.8, 4) is 0 Å². The molecule has 2 unspecified atom stereocenters. The number of hydrogen-bond donors (Lipinski definition) is 1. The van der Waals surface area contributed by atoms with Crippen molar-refractivity contribution in [3.05, 3.63) is 40.7 Å². The second kappa shape index (κ2) is 9.31. The Morgan fingerprint density at radius 3 is 2.48 bits per heavy atom. The van der Waals surface area contributed by atoms with Gasteiger partial charge in [0.05, 0.1) is 5.56 Å². The number of rotatable bonds is 7. The third-order valence-electron chi connectivity index (χ3n) is 6.23. The van der Waals surface area contributed by atoms with Crippen LogP contribution in [0.25, 0.3) is 5.70 Å². The van der Waals surface area contributed by atoms with Crippen LogP contribution in [0.1, 0.15) is 83.8 Å². The minimum absolute atomic E-state index is 0.132. The van der Waals surface area contributed by atoms with Gasteiger partial charge in [0, 0.05) is 11.1 Å². The Labute approximate surface area is 170 Å². The summed E-state index contributed by atoms with van der Waals surface area (Å²) >= 11 is 0. The van der Waals surface area contributed by atoms with Crippen LogP contribution in [0.2, 0.25) is 0 Å². The molecule has 1 aromatic carbocycles. The predicted octanol–water partition coefficient (Wildman–Crippen LogP) is 7.10. The fourth-order valence-electron chi connectivity index (χ4n) is 4.04. The SMILES string of the molecule is CCCC1(CCC(C)CC)CCC(C)=C(c2ccc(F)c(C(F)(F)F)c2)NC1=O. The van der Waals surface area contributed by atoms with Crippen molar-refractivity contribution in [3.63, 3.8) is 0 Å². The molecule has 1 N–H and O–H groups in total. The van der Waals surface area contributed by atoms with Crippen molar-refractivity contribution in [2.45, 2.75) is 78.8 Å². The molecule has 2 rings (SSSR count). The van der Waals surface area contributed by atoms with Crippen LogP contribution >= 0.6 is 0 Å². The normalized spacial score (nSPS) is 21.7. The highest BCUT2D eigenvalue weighted by Gasteiger charge is 2.40. The molecule has 0 fully saturated rings. The van der Waals surface area contributed by atoms with Gasteiger partial charge >= 0.3 is 6.18 Å². The molecule has 6 heteroatoms. The zero-order valence-electron chi connectivity index (χ0n) is 17.7. The zero-order valence-corrected chi connectivity index (χ0v) is 17.7. The summed E-state index contributed by atoms with van der Waals surface area (Å²) in [7, 11) is 0. The third kappa shape index (κ3) is 5.40. The first-order chi connectivity index (χ1) is 13.5. The summed E-state index contributed by atoms with van der Waals surface area (Å²) in [5.41, 5.74) is -0.445. The van der Waals surface area contributed by atoms with Crippen LogP contribution in [0.5, 0.6) is 0 Å². The first-order valence-corrected chi connectivity index (χ1v) is 10.4. The maximum Gasteiger partial charge on any atom is 0.419 e. The second-order valence-electron chi connectivity index (χ2n) is 8.38. The minimum atomic E-state index is -4.79. The molecule has 0 saturated carbocycles. The van der Waals surface area contributed by atoms with Gasteiger partial charge in [-0.25, -0.2) is 4.39 Å². The molecule has 2 nitrogen and oxygen atoms in total. The van der Waals surface area contributed by atoms with Crippen molar-refractivity contribution in [1.82, 2.24) is 5.32 Å². The molecule has 0 aliphatic carbocycles. The number of alkyl halides is 3. The van der Waals surface area contributed by atoms with Gasteiger partial charge < -0.3 is 5.32 Å². The van der Waals surface area contributed by atoms with Crippen LogP contribution in [0.15, 0.2) is 23.8 Å². The molecule has 0 saturated heterocycles. The Morgan fingerprint density at radius 2 is 1.90 bits per heavy atom. The fourth-order valence-corrected chi connectivity index (χ4v) is 4.04. The smallest absolute Gasteiger partial charge is 0.325 e. The van der Waals surface area contributed by atoms with Gasteiger partial charge in [-0.1, -0.05) is 33.6 Å². The van der Waals surface area contributed by atoms with Gasteiger partial charge in [-0.2, -0.15) is 13.2 Å². The number of nitrogens with one attached hydrogen (secondary N) is 1. The summed E-state index contributed by atoms with van der Waals surface area (Å²) in [4.78, 5) is 13.3. The number of amides is 1. The average Bonchev–Trinajstić information content (AvgIpc) is 2.78. The summed E-state index contributed by atoms with van der Waals surface area (Å²) in [5.74, 6) is -0.930. The lowest BCUT2D eigenvalue weighted by Crippen LogP contribution is -2.39. The van der Waals surface area contributed by atoms with E-state index in [2.05, 4.69) is 19.2 Å². The molecule has 1 heterocycles. The molecule has 0 spiro atoms. The Hall–Kier alpha value is -1.85. The lowest BCUT2D eigenvalue weighted by atomic mass is 9.73. The Balaban J connectivity index is 2.37. The second-order valence-corrected chi connectivity index (χ2v) is 8.38. The van der Waals surface area contributed by atoms with E-state index in [0.29, 0.717) is 24.5 Å². The number of halogens is 4. The highest BCUT2D eigenvalue weighted by Crippen LogP contribution is 2.42. The van der Waals surface area contributed by atoms with Gasteiger partial charge in [-0.3, -0.25) is 4.79 Å². The molecule has 162 valence electrons. The Kier molecular flexibility index (Phi) is 7.52. The van der Waals surface area contributed by atoms with E-state index >= 15 is 0 Å². The lowest BCUT2D eigenvalue weighted by molar-refractivity contribution is -0.140. The van der Waals surface area contributed by atoms with Crippen LogP contribution in [0.4, 0.5) is 17.6 Å². The van der Waals surface area contributed by atoms with Crippen molar-refractivity contribution in [2.24, 2.45) is 11.3 Å². The van der Waals surface area contributed by atoms with E-state index in [1.807, 2.05) is 13.8 Å². The monoisotopic (exact) mass is 413 g/mol. The largest absolute Gasteiger partial charge is 0.419 e. The zero-order chi connectivity index (χ0) is 21.8. The molecule has 1 aliphatic rings.